The Balaban J connectivity index is 2.30. The van der Waals surface area contributed by atoms with Gasteiger partial charge in [-0.3, -0.25) is 4.79 Å². The van der Waals surface area contributed by atoms with E-state index in [1.165, 1.54) is 12.1 Å². The maximum absolute atomic E-state index is 13.2. The van der Waals surface area contributed by atoms with Gasteiger partial charge in [0.2, 0.25) is 10.0 Å². The fourth-order valence-electron chi connectivity index (χ4n) is 3.09. The summed E-state index contributed by atoms with van der Waals surface area (Å²) in [5.74, 6) is -0.164. The van der Waals surface area contributed by atoms with Gasteiger partial charge in [0.25, 0.3) is 0 Å². The summed E-state index contributed by atoms with van der Waals surface area (Å²) in [4.78, 5) is 13.2. The average Bonchev–Trinajstić information content (AvgIpc) is 2.66. The molecule has 0 saturated heterocycles. The van der Waals surface area contributed by atoms with Crippen molar-refractivity contribution in [3.05, 3.63) is 87.4 Å². The van der Waals surface area contributed by atoms with Crippen LogP contribution >= 0.6 is 23.2 Å². The highest BCUT2D eigenvalue weighted by atomic mass is 35.5. The van der Waals surface area contributed by atoms with Crippen molar-refractivity contribution >= 4 is 39.0 Å². The van der Waals surface area contributed by atoms with Crippen LogP contribution in [0.4, 0.5) is 0 Å². The lowest BCUT2D eigenvalue weighted by Gasteiger charge is -2.16. The minimum atomic E-state index is -4.01. The van der Waals surface area contributed by atoms with Crippen LogP contribution in [0.3, 0.4) is 0 Å². The summed E-state index contributed by atoms with van der Waals surface area (Å²) in [6, 6.07) is 16.3. The number of nitrogens with two attached hydrogens (primary N) is 1. The third-order valence-electron chi connectivity index (χ3n) is 4.58. The third-order valence-corrected chi connectivity index (χ3v) is 6.02. The molecule has 3 rings (SSSR count). The number of halogens is 2. The van der Waals surface area contributed by atoms with Gasteiger partial charge in [-0.25, -0.2) is 13.6 Å². The summed E-state index contributed by atoms with van der Waals surface area (Å²) in [7, 11) is -4.01. The Hall–Kier alpha value is -2.18. The summed E-state index contributed by atoms with van der Waals surface area (Å²) in [6.45, 7) is 3.99. The van der Waals surface area contributed by atoms with Crippen molar-refractivity contribution in [2.45, 2.75) is 24.7 Å². The van der Waals surface area contributed by atoms with Gasteiger partial charge in [-0.1, -0.05) is 61.3 Å². The van der Waals surface area contributed by atoms with Crippen LogP contribution in [0.25, 0.3) is 11.1 Å². The summed E-state index contributed by atoms with van der Waals surface area (Å²) in [5.41, 5.74) is 2.36. The molecule has 0 aromatic heterocycles. The maximum atomic E-state index is 13.2. The minimum absolute atomic E-state index is 0.0515. The number of hydrogen-bond acceptors (Lipinski definition) is 3. The quantitative estimate of drug-likeness (QED) is 0.512. The monoisotopic (exact) mass is 447 g/mol. The van der Waals surface area contributed by atoms with Crippen LogP contribution in [0.15, 0.2) is 65.6 Å². The molecule has 0 amide bonds. The van der Waals surface area contributed by atoms with E-state index in [1.54, 1.807) is 48.5 Å². The molecule has 2 N–H and O–H groups in total. The first kappa shape index (κ1) is 21.5. The molecule has 0 saturated carbocycles. The smallest absolute Gasteiger partial charge is 0.238 e. The summed E-state index contributed by atoms with van der Waals surface area (Å²) >= 11 is 12.2. The first-order valence-corrected chi connectivity index (χ1v) is 11.1. The molecule has 3 aromatic rings. The Morgan fingerprint density at radius 2 is 1.59 bits per heavy atom. The average molecular weight is 448 g/mol. The van der Waals surface area contributed by atoms with Crippen LogP contribution in [0.5, 0.6) is 0 Å². The standard InChI is InChI=1S/C22H19Cl2NO3S/c1-13(2)14-6-9-21(29(25,27)28)19(11-14)18-8-7-17(24)12-20(18)22(26)15-4-3-5-16(23)10-15/h3-13H,1-2H3,(H2,25,27,28). The minimum Gasteiger partial charge on any atom is -0.289 e. The second kappa shape index (κ2) is 8.28. The zero-order valence-corrected chi connectivity index (χ0v) is 18.1. The predicted molar refractivity (Wildman–Crippen MR) is 117 cm³/mol. The molecule has 0 aliphatic heterocycles. The number of benzene rings is 3. The van der Waals surface area contributed by atoms with Crippen molar-refractivity contribution in [1.82, 2.24) is 0 Å². The summed E-state index contributed by atoms with van der Waals surface area (Å²) < 4.78 is 24.4. The second-order valence-electron chi connectivity index (χ2n) is 6.98. The molecule has 0 heterocycles. The van der Waals surface area contributed by atoms with E-state index in [4.69, 9.17) is 28.3 Å². The highest BCUT2D eigenvalue weighted by Crippen LogP contribution is 2.35. The van der Waals surface area contributed by atoms with Crippen LogP contribution in [-0.4, -0.2) is 14.2 Å². The fourth-order valence-corrected chi connectivity index (χ4v) is 4.19. The maximum Gasteiger partial charge on any atom is 0.238 e. The van der Waals surface area contributed by atoms with Crippen molar-refractivity contribution in [2.75, 3.05) is 0 Å². The van der Waals surface area contributed by atoms with E-state index in [-0.39, 0.29) is 22.2 Å². The van der Waals surface area contributed by atoms with E-state index in [1.807, 2.05) is 13.8 Å². The molecule has 0 unspecified atom stereocenters. The van der Waals surface area contributed by atoms with Crippen LogP contribution in [-0.2, 0) is 10.0 Å². The summed E-state index contributed by atoms with van der Waals surface area (Å²) in [5, 5.41) is 6.23. The van der Waals surface area contributed by atoms with E-state index < -0.39 is 10.0 Å². The van der Waals surface area contributed by atoms with Crippen molar-refractivity contribution in [3.63, 3.8) is 0 Å². The number of rotatable bonds is 5. The van der Waals surface area contributed by atoms with Gasteiger partial charge >= 0.3 is 0 Å². The first-order valence-electron chi connectivity index (χ1n) is 8.85. The highest BCUT2D eigenvalue weighted by Gasteiger charge is 2.22. The van der Waals surface area contributed by atoms with E-state index in [2.05, 4.69) is 0 Å². The molecule has 150 valence electrons. The van der Waals surface area contributed by atoms with Gasteiger partial charge in [-0.05, 0) is 53.4 Å². The normalized spacial score (nSPS) is 11.7. The molecule has 4 nitrogen and oxygen atoms in total. The lowest BCUT2D eigenvalue weighted by Crippen LogP contribution is -2.14. The Morgan fingerprint density at radius 1 is 0.897 bits per heavy atom. The molecule has 0 aliphatic rings. The third kappa shape index (κ3) is 4.70. The van der Waals surface area contributed by atoms with E-state index in [0.717, 1.165) is 5.56 Å². The van der Waals surface area contributed by atoms with Gasteiger partial charge in [0.15, 0.2) is 5.78 Å². The molecule has 29 heavy (non-hydrogen) atoms. The van der Waals surface area contributed by atoms with Crippen LogP contribution in [0.2, 0.25) is 10.0 Å². The van der Waals surface area contributed by atoms with Crippen molar-refractivity contribution in [1.29, 1.82) is 0 Å². The van der Waals surface area contributed by atoms with Gasteiger partial charge < -0.3 is 0 Å². The SMILES string of the molecule is CC(C)c1ccc(S(N)(=O)=O)c(-c2ccc(Cl)cc2C(=O)c2cccc(Cl)c2)c1. The van der Waals surface area contributed by atoms with Crippen molar-refractivity contribution in [3.8, 4) is 11.1 Å². The second-order valence-corrected chi connectivity index (χ2v) is 9.39. The Kier molecular flexibility index (Phi) is 6.15. The Labute approximate surface area is 180 Å². The van der Waals surface area contributed by atoms with Gasteiger partial charge in [-0.2, -0.15) is 0 Å². The van der Waals surface area contributed by atoms with Gasteiger partial charge in [0.1, 0.15) is 0 Å². The number of ketones is 1. The zero-order valence-electron chi connectivity index (χ0n) is 15.8. The molecular weight excluding hydrogens is 429 g/mol. The zero-order chi connectivity index (χ0) is 21.3. The molecule has 0 fully saturated rings. The van der Waals surface area contributed by atoms with Crippen LogP contribution in [0.1, 0.15) is 41.3 Å². The van der Waals surface area contributed by atoms with Gasteiger partial charge in [0.05, 0.1) is 4.90 Å². The number of primary sulfonamides is 1. The Morgan fingerprint density at radius 3 is 2.21 bits per heavy atom. The fraction of sp³-hybridized carbons (Fsp3) is 0.136. The number of carbonyl (C=O) groups is 1. The largest absolute Gasteiger partial charge is 0.289 e. The first-order chi connectivity index (χ1) is 13.6. The highest BCUT2D eigenvalue weighted by molar-refractivity contribution is 7.89. The number of hydrogen-bond donors (Lipinski definition) is 1. The molecule has 0 atom stereocenters. The van der Waals surface area contributed by atoms with Crippen molar-refractivity contribution < 1.29 is 13.2 Å². The summed E-state index contributed by atoms with van der Waals surface area (Å²) in [6.07, 6.45) is 0. The Bertz CT molecular complexity index is 1200. The van der Waals surface area contributed by atoms with E-state index in [0.29, 0.717) is 26.7 Å². The van der Waals surface area contributed by atoms with Gasteiger partial charge in [-0.15, -0.1) is 0 Å². The molecule has 0 radical (unpaired) electrons. The van der Waals surface area contributed by atoms with Crippen molar-refractivity contribution in [2.24, 2.45) is 5.14 Å². The molecule has 0 bridgehead atoms. The lowest BCUT2D eigenvalue weighted by atomic mass is 9.91. The van der Waals surface area contributed by atoms with Crippen LogP contribution < -0.4 is 5.14 Å². The number of carbonyl (C=O) groups excluding carboxylic acids is 1. The van der Waals surface area contributed by atoms with E-state index >= 15 is 0 Å². The molecule has 0 aliphatic carbocycles. The molecule has 0 spiro atoms. The van der Waals surface area contributed by atoms with Crippen LogP contribution in [0, 0.1) is 0 Å². The number of sulfonamides is 1. The predicted octanol–water partition coefficient (Wildman–Crippen LogP) is 5.66. The lowest BCUT2D eigenvalue weighted by molar-refractivity contribution is 0.103. The topological polar surface area (TPSA) is 77.2 Å². The molecule has 7 heteroatoms. The van der Waals surface area contributed by atoms with E-state index in [9.17, 15) is 13.2 Å². The molecule has 3 aromatic carbocycles. The van der Waals surface area contributed by atoms with Gasteiger partial charge in [0, 0.05) is 26.7 Å². The molecular formula is C22H19Cl2NO3S.